The van der Waals surface area contributed by atoms with Crippen LogP contribution in [0.4, 0.5) is 0 Å². The van der Waals surface area contributed by atoms with Gasteiger partial charge in [-0.1, -0.05) is 18.8 Å². The van der Waals surface area contributed by atoms with Gasteiger partial charge in [-0.15, -0.1) is 5.92 Å². The fourth-order valence-electron chi connectivity index (χ4n) is 4.10. The number of carbonyl (C=O) groups excluding carboxylic acids is 1. The van der Waals surface area contributed by atoms with E-state index in [1.165, 1.54) is 0 Å². The van der Waals surface area contributed by atoms with Crippen LogP contribution in [0, 0.1) is 17.8 Å². The van der Waals surface area contributed by atoms with Crippen molar-refractivity contribution >= 4 is 5.97 Å². The molecule has 1 N–H and O–H groups in total. The molecule has 23 heavy (non-hydrogen) atoms. The summed E-state index contributed by atoms with van der Waals surface area (Å²) < 4.78 is 5.76. The third-order valence-electron chi connectivity index (χ3n) is 5.79. The first-order valence-electron chi connectivity index (χ1n) is 8.81. The van der Waals surface area contributed by atoms with Gasteiger partial charge in [0.15, 0.2) is 0 Å². The number of aliphatic hydroxyl groups is 1. The van der Waals surface area contributed by atoms with Crippen LogP contribution < -0.4 is 0 Å². The van der Waals surface area contributed by atoms with Crippen molar-refractivity contribution in [2.24, 2.45) is 5.92 Å². The SMILES string of the molecule is CC#C[C@](O)(C(=O)O[C@@H]1C[C@H](C)N(C)C(C)(C)C1)C1CCCC1. The minimum absolute atomic E-state index is 0.0233. The molecule has 0 amide bonds. The Kier molecular flexibility index (Phi) is 5.43. The number of nitrogens with zero attached hydrogens (tertiary/aromatic N) is 1. The quantitative estimate of drug-likeness (QED) is 0.641. The summed E-state index contributed by atoms with van der Waals surface area (Å²) in [6, 6.07) is 0.341. The highest BCUT2D eigenvalue weighted by Gasteiger charge is 2.47. The average Bonchev–Trinajstić information content (AvgIpc) is 2.99. The molecule has 1 aliphatic heterocycles. The Morgan fingerprint density at radius 3 is 2.48 bits per heavy atom. The number of piperidine rings is 1. The first-order valence-corrected chi connectivity index (χ1v) is 8.81. The summed E-state index contributed by atoms with van der Waals surface area (Å²) in [7, 11) is 2.11. The van der Waals surface area contributed by atoms with Gasteiger partial charge in [-0.3, -0.25) is 4.90 Å². The Morgan fingerprint density at radius 1 is 1.35 bits per heavy atom. The number of esters is 1. The van der Waals surface area contributed by atoms with E-state index in [0.29, 0.717) is 6.04 Å². The fourth-order valence-corrected chi connectivity index (χ4v) is 4.10. The van der Waals surface area contributed by atoms with Crippen LogP contribution in [0.1, 0.15) is 66.2 Å². The molecule has 4 nitrogen and oxygen atoms in total. The van der Waals surface area contributed by atoms with Crippen molar-refractivity contribution in [1.29, 1.82) is 0 Å². The van der Waals surface area contributed by atoms with Gasteiger partial charge < -0.3 is 9.84 Å². The Morgan fingerprint density at radius 2 is 1.96 bits per heavy atom. The Bertz CT molecular complexity index is 498. The van der Waals surface area contributed by atoms with Gasteiger partial charge in [0.1, 0.15) is 6.10 Å². The number of ether oxygens (including phenoxy) is 1. The molecule has 0 radical (unpaired) electrons. The average molecular weight is 321 g/mol. The Balaban J connectivity index is 2.11. The van der Waals surface area contributed by atoms with Crippen LogP contribution in [-0.2, 0) is 9.53 Å². The molecule has 0 unspecified atom stereocenters. The summed E-state index contributed by atoms with van der Waals surface area (Å²) in [5, 5.41) is 10.9. The van der Waals surface area contributed by atoms with Gasteiger partial charge in [0.2, 0.25) is 5.60 Å². The van der Waals surface area contributed by atoms with E-state index in [1.807, 2.05) is 0 Å². The van der Waals surface area contributed by atoms with E-state index in [-0.39, 0.29) is 17.6 Å². The monoisotopic (exact) mass is 321 g/mol. The summed E-state index contributed by atoms with van der Waals surface area (Å²) in [5.41, 5.74) is -1.66. The smallest absolute Gasteiger partial charge is 0.351 e. The lowest BCUT2D eigenvalue weighted by atomic mass is 9.84. The highest BCUT2D eigenvalue weighted by atomic mass is 16.6. The van der Waals surface area contributed by atoms with Crippen LogP contribution in [0.3, 0.4) is 0 Å². The number of hydrogen-bond acceptors (Lipinski definition) is 4. The molecule has 0 spiro atoms. The summed E-state index contributed by atoms with van der Waals surface area (Å²) >= 11 is 0. The van der Waals surface area contributed by atoms with Gasteiger partial charge in [-0.25, -0.2) is 4.79 Å². The minimum Gasteiger partial charge on any atom is -0.459 e. The summed E-state index contributed by atoms with van der Waals surface area (Å²) in [5.74, 6) is 4.83. The molecule has 0 aromatic carbocycles. The zero-order chi connectivity index (χ0) is 17.3. The molecular weight excluding hydrogens is 290 g/mol. The summed E-state index contributed by atoms with van der Waals surface area (Å²) in [6.07, 6.45) is 5.19. The Hall–Kier alpha value is -1.05. The van der Waals surface area contributed by atoms with Crippen molar-refractivity contribution < 1.29 is 14.6 Å². The molecule has 2 fully saturated rings. The van der Waals surface area contributed by atoms with Crippen LogP contribution in [0.15, 0.2) is 0 Å². The number of hydrogen-bond donors (Lipinski definition) is 1. The lowest BCUT2D eigenvalue weighted by Crippen LogP contribution is -2.55. The lowest BCUT2D eigenvalue weighted by Gasteiger charge is -2.47. The van der Waals surface area contributed by atoms with Gasteiger partial charge in [0, 0.05) is 23.9 Å². The molecule has 4 heteroatoms. The predicted molar refractivity (Wildman–Crippen MR) is 90.8 cm³/mol. The van der Waals surface area contributed by atoms with Gasteiger partial charge in [-0.05, 0) is 54.0 Å². The van der Waals surface area contributed by atoms with Crippen LogP contribution >= 0.6 is 0 Å². The second-order valence-corrected chi connectivity index (χ2v) is 7.86. The summed E-state index contributed by atoms with van der Waals surface area (Å²) in [6.45, 7) is 8.14. The van der Waals surface area contributed by atoms with Crippen molar-refractivity contribution in [1.82, 2.24) is 4.90 Å². The largest absolute Gasteiger partial charge is 0.459 e. The van der Waals surface area contributed by atoms with Crippen molar-refractivity contribution in [2.75, 3.05) is 7.05 Å². The van der Waals surface area contributed by atoms with Gasteiger partial charge in [0.25, 0.3) is 0 Å². The molecule has 0 aromatic heterocycles. The van der Waals surface area contributed by atoms with E-state index < -0.39 is 11.6 Å². The standard InChI is InChI=1S/C19H31NO3/c1-6-11-19(22,15-9-7-8-10-15)17(21)23-16-12-14(2)20(5)18(3,4)13-16/h14-16,22H,7-10,12-13H2,1-5H3/t14-,16+,19+/m0/s1. The number of likely N-dealkylation sites (tertiary alicyclic amines) is 1. The van der Waals surface area contributed by atoms with E-state index in [2.05, 4.69) is 44.6 Å². The molecule has 0 aromatic rings. The topological polar surface area (TPSA) is 49.8 Å². The zero-order valence-electron chi connectivity index (χ0n) is 15.2. The van der Waals surface area contributed by atoms with E-state index >= 15 is 0 Å². The molecule has 130 valence electrons. The normalized spacial score (nSPS) is 31.0. The molecule has 2 aliphatic rings. The van der Waals surface area contributed by atoms with E-state index in [9.17, 15) is 9.90 Å². The predicted octanol–water partition coefficient (Wildman–Crippen LogP) is 2.74. The first-order chi connectivity index (χ1) is 10.7. The molecule has 1 aliphatic carbocycles. The Labute approximate surface area is 140 Å². The molecule has 2 rings (SSSR count). The molecule has 1 saturated heterocycles. The highest BCUT2D eigenvalue weighted by molar-refractivity contribution is 5.84. The minimum atomic E-state index is -1.64. The van der Waals surface area contributed by atoms with Crippen molar-refractivity contribution in [2.45, 2.75) is 89.5 Å². The fraction of sp³-hybridized carbons (Fsp3) is 0.842. The second-order valence-electron chi connectivity index (χ2n) is 7.86. The van der Waals surface area contributed by atoms with Crippen LogP contribution in [0.2, 0.25) is 0 Å². The molecule has 0 bridgehead atoms. The molecule has 1 saturated carbocycles. The first kappa shape index (κ1) is 18.3. The zero-order valence-corrected chi connectivity index (χ0v) is 15.2. The maximum absolute atomic E-state index is 12.7. The van der Waals surface area contributed by atoms with E-state index in [1.54, 1.807) is 6.92 Å². The number of rotatable bonds is 3. The van der Waals surface area contributed by atoms with Gasteiger partial charge >= 0.3 is 5.97 Å². The van der Waals surface area contributed by atoms with Crippen molar-refractivity contribution in [3.05, 3.63) is 0 Å². The second kappa shape index (κ2) is 6.83. The molecule has 1 heterocycles. The third-order valence-corrected chi connectivity index (χ3v) is 5.79. The molecular formula is C19H31NO3. The lowest BCUT2D eigenvalue weighted by molar-refractivity contribution is -0.175. The highest BCUT2D eigenvalue weighted by Crippen LogP contribution is 2.37. The van der Waals surface area contributed by atoms with Crippen LogP contribution in [0.5, 0.6) is 0 Å². The van der Waals surface area contributed by atoms with Gasteiger partial charge in [-0.2, -0.15) is 0 Å². The maximum atomic E-state index is 12.7. The maximum Gasteiger partial charge on any atom is 0.351 e. The van der Waals surface area contributed by atoms with E-state index in [0.717, 1.165) is 38.5 Å². The van der Waals surface area contributed by atoms with Crippen molar-refractivity contribution in [3.8, 4) is 11.8 Å². The third kappa shape index (κ3) is 3.72. The summed E-state index contributed by atoms with van der Waals surface area (Å²) in [4.78, 5) is 15.0. The van der Waals surface area contributed by atoms with E-state index in [4.69, 9.17) is 4.74 Å². The number of carbonyl (C=O) groups is 1. The van der Waals surface area contributed by atoms with Gasteiger partial charge in [0.05, 0.1) is 0 Å². The van der Waals surface area contributed by atoms with Crippen LogP contribution in [0.25, 0.3) is 0 Å². The molecule has 3 atom stereocenters. The van der Waals surface area contributed by atoms with Crippen LogP contribution in [-0.4, -0.2) is 46.3 Å². The van der Waals surface area contributed by atoms with Crippen molar-refractivity contribution in [3.63, 3.8) is 0 Å².